The number of rotatable bonds is 1. The van der Waals surface area contributed by atoms with Crippen LogP contribution in [0.15, 0.2) is 57.0 Å². The number of hydrogen-bond donors (Lipinski definition) is 0. The lowest BCUT2D eigenvalue weighted by molar-refractivity contribution is -0.113. The maximum absolute atomic E-state index is 11.8. The quantitative estimate of drug-likeness (QED) is 0.763. The number of amidine groups is 2. The molecule has 90 valence electrons. The standard InChI is InChI=1S/C13H9N3O.ClH/c1-8-7-10-12(14-8)15-11(16-13(10)17)9-5-3-2-4-6-9;/h2-7H,1H3;1H. The molecule has 0 aromatic heterocycles. The van der Waals surface area contributed by atoms with E-state index in [1.165, 1.54) is 0 Å². The van der Waals surface area contributed by atoms with Crippen LogP contribution in [0.4, 0.5) is 0 Å². The van der Waals surface area contributed by atoms with Crippen LogP contribution in [0.5, 0.6) is 0 Å². The Labute approximate surface area is 110 Å². The van der Waals surface area contributed by atoms with E-state index in [1.807, 2.05) is 37.3 Å². The summed E-state index contributed by atoms with van der Waals surface area (Å²) in [5, 5.41) is 0. The van der Waals surface area contributed by atoms with Crippen LogP contribution in [0.2, 0.25) is 0 Å². The lowest BCUT2D eigenvalue weighted by Gasteiger charge is -2.08. The zero-order valence-corrected chi connectivity index (χ0v) is 10.4. The molecular formula is C13H10ClN3O. The molecule has 0 atom stereocenters. The van der Waals surface area contributed by atoms with Gasteiger partial charge < -0.3 is 0 Å². The van der Waals surface area contributed by atoms with E-state index in [2.05, 4.69) is 15.0 Å². The molecule has 2 aliphatic heterocycles. The number of halogens is 1. The molecule has 1 aromatic rings. The molecule has 0 saturated carbocycles. The maximum atomic E-state index is 11.8. The zero-order valence-electron chi connectivity index (χ0n) is 9.62. The summed E-state index contributed by atoms with van der Waals surface area (Å²) in [7, 11) is 0. The van der Waals surface area contributed by atoms with Crippen LogP contribution >= 0.6 is 12.4 Å². The van der Waals surface area contributed by atoms with Gasteiger partial charge in [-0.3, -0.25) is 4.79 Å². The van der Waals surface area contributed by atoms with E-state index < -0.39 is 0 Å². The Balaban J connectivity index is 0.00000120. The molecule has 18 heavy (non-hydrogen) atoms. The van der Waals surface area contributed by atoms with Gasteiger partial charge in [-0.1, -0.05) is 30.3 Å². The Morgan fingerprint density at radius 1 is 0.944 bits per heavy atom. The molecule has 0 saturated heterocycles. The van der Waals surface area contributed by atoms with Crippen molar-refractivity contribution in [2.45, 2.75) is 6.92 Å². The summed E-state index contributed by atoms with van der Waals surface area (Å²) in [5.74, 6) is 0.636. The summed E-state index contributed by atoms with van der Waals surface area (Å²) in [6, 6.07) is 9.42. The zero-order chi connectivity index (χ0) is 11.8. The van der Waals surface area contributed by atoms with Gasteiger partial charge in [0, 0.05) is 11.3 Å². The molecule has 1 aromatic carbocycles. The Morgan fingerprint density at radius 2 is 1.67 bits per heavy atom. The van der Waals surface area contributed by atoms with Gasteiger partial charge >= 0.3 is 0 Å². The van der Waals surface area contributed by atoms with Crippen LogP contribution in [-0.4, -0.2) is 23.3 Å². The van der Waals surface area contributed by atoms with Crippen LogP contribution in [0, 0.1) is 0 Å². The largest absolute Gasteiger partial charge is 0.282 e. The van der Waals surface area contributed by atoms with E-state index >= 15 is 0 Å². The van der Waals surface area contributed by atoms with Crippen molar-refractivity contribution in [3.63, 3.8) is 0 Å². The molecule has 2 aliphatic rings. The predicted molar refractivity (Wildman–Crippen MR) is 73.9 cm³/mol. The highest BCUT2D eigenvalue weighted by atomic mass is 35.5. The Hall–Kier alpha value is -2.07. The first-order chi connectivity index (χ1) is 8.24. The Morgan fingerprint density at radius 3 is 2.39 bits per heavy atom. The van der Waals surface area contributed by atoms with E-state index in [1.54, 1.807) is 6.08 Å². The SMILES string of the molecule is CC1=NC2=NC(c3ccccc3)=NC(=O)C2=C1.Cl. The summed E-state index contributed by atoms with van der Waals surface area (Å²) >= 11 is 0. The van der Waals surface area contributed by atoms with Crippen LogP contribution in [0.3, 0.4) is 0 Å². The first-order valence-corrected chi connectivity index (χ1v) is 5.28. The molecule has 5 heteroatoms. The van der Waals surface area contributed by atoms with Crippen molar-refractivity contribution >= 4 is 35.7 Å². The van der Waals surface area contributed by atoms with Gasteiger partial charge in [0.25, 0.3) is 5.91 Å². The van der Waals surface area contributed by atoms with Crippen molar-refractivity contribution in [3.8, 4) is 0 Å². The smallest absolute Gasteiger partial charge is 0.267 e. The van der Waals surface area contributed by atoms with E-state index in [0.717, 1.165) is 11.3 Å². The average Bonchev–Trinajstić information content (AvgIpc) is 2.71. The minimum atomic E-state index is -0.269. The van der Waals surface area contributed by atoms with Gasteiger partial charge in [-0.25, -0.2) is 9.98 Å². The number of allylic oxidation sites excluding steroid dienone is 1. The van der Waals surface area contributed by atoms with Crippen LogP contribution in [0.1, 0.15) is 12.5 Å². The molecular weight excluding hydrogens is 250 g/mol. The first kappa shape index (κ1) is 12.4. The lowest BCUT2D eigenvalue weighted by atomic mass is 10.1. The number of fused-ring (bicyclic) bond motifs is 1. The predicted octanol–water partition coefficient (Wildman–Crippen LogP) is 2.19. The highest BCUT2D eigenvalue weighted by Crippen LogP contribution is 2.18. The fourth-order valence-electron chi connectivity index (χ4n) is 1.77. The van der Waals surface area contributed by atoms with Crippen molar-refractivity contribution < 1.29 is 4.79 Å². The Bertz CT molecular complexity index is 627. The molecule has 3 rings (SSSR count). The minimum absolute atomic E-state index is 0. The minimum Gasteiger partial charge on any atom is -0.267 e. The number of hydrogen-bond acceptors (Lipinski definition) is 3. The van der Waals surface area contributed by atoms with Crippen molar-refractivity contribution in [1.29, 1.82) is 0 Å². The summed E-state index contributed by atoms with van der Waals surface area (Å²) in [5.41, 5.74) is 2.10. The average molecular weight is 260 g/mol. The second kappa shape index (κ2) is 4.66. The van der Waals surface area contributed by atoms with E-state index in [4.69, 9.17) is 0 Å². The lowest BCUT2D eigenvalue weighted by Crippen LogP contribution is -2.17. The molecule has 0 radical (unpaired) electrons. The van der Waals surface area contributed by atoms with Gasteiger partial charge in [-0.15, -0.1) is 12.4 Å². The van der Waals surface area contributed by atoms with Gasteiger partial charge in [0.05, 0.1) is 5.57 Å². The summed E-state index contributed by atoms with van der Waals surface area (Å²) in [6.45, 7) is 1.84. The summed E-state index contributed by atoms with van der Waals surface area (Å²) < 4.78 is 0. The third kappa shape index (κ3) is 2.02. The van der Waals surface area contributed by atoms with Gasteiger partial charge in [-0.05, 0) is 13.0 Å². The normalized spacial score (nSPS) is 17.1. The second-order valence-corrected chi connectivity index (χ2v) is 3.85. The van der Waals surface area contributed by atoms with E-state index in [0.29, 0.717) is 17.2 Å². The number of carbonyl (C=O) groups is 1. The van der Waals surface area contributed by atoms with Gasteiger partial charge in [0.2, 0.25) is 0 Å². The van der Waals surface area contributed by atoms with Gasteiger partial charge in [0.1, 0.15) is 0 Å². The highest BCUT2D eigenvalue weighted by molar-refractivity contribution is 6.36. The van der Waals surface area contributed by atoms with Crippen LogP contribution in [-0.2, 0) is 4.79 Å². The number of carbonyl (C=O) groups excluding carboxylic acids is 1. The molecule has 0 N–H and O–H groups in total. The topological polar surface area (TPSA) is 54.1 Å². The third-order valence-corrected chi connectivity index (χ3v) is 2.56. The first-order valence-electron chi connectivity index (χ1n) is 5.28. The number of amides is 1. The highest BCUT2D eigenvalue weighted by Gasteiger charge is 2.25. The van der Waals surface area contributed by atoms with Crippen molar-refractivity contribution in [1.82, 2.24) is 0 Å². The van der Waals surface area contributed by atoms with E-state index in [9.17, 15) is 4.79 Å². The van der Waals surface area contributed by atoms with Crippen molar-refractivity contribution in [2.75, 3.05) is 0 Å². The molecule has 2 heterocycles. The van der Waals surface area contributed by atoms with Gasteiger partial charge in [0.15, 0.2) is 11.7 Å². The van der Waals surface area contributed by atoms with Crippen LogP contribution < -0.4 is 0 Å². The van der Waals surface area contributed by atoms with Crippen LogP contribution in [0.25, 0.3) is 0 Å². The second-order valence-electron chi connectivity index (χ2n) is 3.85. The van der Waals surface area contributed by atoms with Crippen molar-refractivity contribution in [3.05, 3.63) is 47.5 Å². The molecule has 0 aliphatic carbocycles. The fourth-order valence-corrected chi connectivity index (χ4v) is 1.77. The summed E-state index contributed by atoms with van der Waals surface area (Å²) in [6.07, 6.45) is 1.71. The monoisotopic (exact) mass is 259 g/mol. The Kier molecular flexibility index (Phi) is 3.21. The molecule has 0 unspecified atom stereocenters. The molecule has 0 bridgehead atoms. The third-order valence-electron chi connectivity index (χ3n) is 2.56. The van der Waals surface area contributed by atoms with Crippen molar-refractivity contribution in [2.24, 2.45) is 15.0 Å². The van der Waals surface area contributed by atoms with Gasteiger partial charge in [-0.2, -0.15) is 4.99 Å². The molecule has 4 nitrogen and oxygen atoms in total. The molecule has 0 spiro atoms. The molecule has 0 fully saturated rings. The number of nitrogens with zero attached hydrogens (tertiary/aromatic N) is 3. The number of aliphatic imine (C=N–C) groups is 3. The maximum Gasteiger partial charge on any atom is 0.282 e. The summed E-state index contributed by atoms with van der Waals surface area (Å²) in [4.78, 5) is 24.3. The fraction of sp³-hybridized carbons (Fsp3) is 0.0769. The molecule has 1 amide bonds. The number of benzene rings is 1. The van der Waals surface area contributed by atoms with E-state index in [-0.39, 0.29) is 18.3 Å².